The van der Waals surface area contributed by atoms with Crippen molar-refractivity contribution in [3.05, 3.63) is 83.4 Å². The molecule has 0 spiro atoms. The molecule has 1 aliphatic heterocycles. The lowest BCUT2D eigenvalue weighted by Crippen LogP contribution is -2.20. The average molecular weight is 496 g/mol. The largest absolute Gasteiger partial charge is 0.461 e. The Bertz CT molecular complexity index is 1310. The van der Waals surface area contributed by atoms with Crippen molar-refractivity contribution in [2.75, 3.05) is 5.75 Å². The number of carbonyl (C=O) groups excluding carboxylic acids is 1. The topological polar surface area (TPSA) is 88.6 Å². The first kappa shape index (κ1) is 23.1. The van der Waals surface area contributed by atoms with Crippen LogP contribution in [0.25, 0.3) is 11.6 Å². The standard InChI is InChI=1S/C25H22FN3O5S/c1-2-29-23(20-9-6-10-31-20)27-28-25(29)35-15-21(30)32-13-17-11-19(26)12-18-14-33-24(34-22(17)18)16-7-4-3-5-8-16/h3-12,24H,2,13-15H2,1H3. The summed E-state index contributed by atoms with van der Waals surface area (Å²) in [5, 5.41) is 8.91. The number of halogens is 1. The molecule has 4 aromatic rings. The molecule has 8 nitrogen and oxygen atoms in total. The van der Waals surface area contributed by atoms with Crippen molar-refractivity contribution in [3.8, 4) is 17.3 Å². The molecule has 0 amide bonds. The maximum atomic E-state index is 14.2. The molecular weight excluding hydrogens is 473 g/mol. The maximum absolute atomic E-state index is 14.2. The number of fused-ring (bicyclic) bond motifs is 1. The summed E-state index contributed by atoms with van der Waals surface area (Å²) in [6, 6.07) is 15.7. The Morgan fingerprint density at radius 3 is 2.83 bits per heavy atom. The first-order chi connectivity index (χ1) is 17.1. The highest BCUT2D eigenvalue weighted by Crippen LogP contribution is 2.37. The van der Waals surface area contributed by atoms with Crippen LogP contribution < -0.4 is 4.74 Å². The fourth-order valence-electron chi connectivity index (χ4n) is 3.75. The monoisotopic (exact) mass is 495 g/mol. The molecule has 0 saturated heterocycles. The second-order valence-electron chi connectivity index (χ2n) is 7.70. The first-order valence-electron chi connectivity index (χ1n) is 11.0. The molecule has 1 unspecified atom stereocenters. The summed E-state index contributed by atoms with van der Waals surface area (Å²) in [5.41, 5.74) is 1.86. The minimum Gasteiger partial charge on any atom is -0.461 e. The number of nitrogens with zero attached hydrogens (tertiary/aromatic N) is 3. The number of hydrogen-bond acceptors (Lipinski definition) is 8. The van der Waals surface area contributed by atoms with E-state index >= 15 is 0 Å². The number of hydrogen-bond donors (Lipinski definition) is 0. The summed E-state index contributed by atoms with van der Waals surface area (Å²) in [6.45, 7) is 2.63. The van der Waals surface area contributed by atoms with Crippen LogP contribution in [0.3, 0.4) is 0 Å². The molecule has 0 N–H and O–H groups in total. The van der Waals surface area contributed by atoms with Crippen LogP contribution in [0.15, 0.2) is 70.4 Å². The number of carbonyl (C=O) groups is 1. The predicted molar refractivity (Wildman–Crippen MR) is 125 cm³/mol. The number of rotatable bonds is 8. The van der Waals surface area contributed by atoms with Gasteiger partial charge in [0.2, 0.25) is 6.29 Å². The second-order valence-corrected chi connectivity index (χ2v) is 8.64. The van der Waals surface area contributed by atoms with E-state index in [1.54, 1.807) is 18.4 Å². The van der Waals surface area contributed by atoms with Gasteiger partial charge in [-0.2, -0.15) is 0 Å². The van der Waals surface area contributed by atoms with Gasteiger partial charge in [-0.05, 0) is 31.2 Å². The number of benzene rings is 2. The molecule has 180 valence electrons. The average Bonchev–Trinajstić information content (AvgIpc) is 3.56. The summed E-state index contributed by atoms with van der Waals surface area (Å²) in [4.78, 5) is 12.5. The fraction of sp³-hybridized carbons (Fsp3) is 0.240. The Balaban J connectivity index is 1.24. The molecule has 0 fully saturated rings. The van der Waals surface area contributed by atoms with E-state index in [-0.39, 0.29) is 19.0 Å². The zero-order valence-electron chi connectivity index (χ0n) is 18.8. The third kappa shape index (κ3) is 5.08. The summed E-state index contributed by atoms with van der Waals surface area (Å²) in [7, 11) is 0. The van der Waals surface area contributed by atoms with Crippen molar-refractivity contribution in [1.29, 1.82) is 0 Å². The Hall–Kier alpha value is -3.63. The van der Waals surface area contributed by atoms with Crippen LogP contribution in [0.5, 0.6) is 5.75 Å². The van der Waals surface area contributed by atoms with Crippen molar-refractivity contribution in [2.45, 2.75) is 38.1 Å². The molecule has 5 rings (SSSR count). The van der Waals surface area contributed by atoms with Crippen LogP contribution in [0.1, 0.15) is 29.9 Å². The van der Waals surface area contributed by atoms with Crippen molar-refractivity contribution in [3.63, 3.8) is 0 Å². The number of furan rings is 1. The normalized spacial score (nSPS) is 14.9. The highest BCUT2D eigenvalue weighted by Gasteiger charge is 2.26. The lowest BCUT2D eigenvalue weighted by Gasteiger charge is -2.28. The van der Waals surface area contributed by atoms with E-state index in [4.69, 9.17) is 18.6 Å². The second kappa shape index (κ2) is 10.3. The summed E-state index contributed by atoms with van der Waals surface area (Å²) in [5.74, 6) is 0.765. The molecule has 0 radical (unpaired) electrons. The van der Waals surface area contributed by atoms with E-state index in [9.17, 15) is 9.18 Å². The van der Waals surface area contributed by atoms with E-state index < -0.39 is 18.1 Å². The molecule has 10 heteroatoms. The minimum atomic E-state index is -0.622. The van der Waals surface area contributed by atoms with E-state index in [0.29, 0.717) is 40.2 Å². The quantitative estimate of drug-likeness (QED) is 0.245. The first-order valence-corrected chi connectivity index (χ1v) is 12.0. The van der Waals surface area contributed by atoms with Crippen LogP contribution in [0.2, 0.25) is 0 Å². The highest BCUT2D eigenvalue weighted by atomic mass is 32.2. The zero-order chi connectivity index (χ0) is 24.2. The van der Waals surface area contributed by atoms with Gasteiger partial charge in [-0.25, -0.2) is 4.39 Å². The Labute approximate surface area is 205 Å². The van der Waals surface area contributed by atoms with Crippen LogP contribution in [0, 0.1) is 5.82 Å². The van der Waals surface area contributed by atoms with Gasteiger partial charge in [-0.3, -0.25) is 9.36 Å². The van der Waals surface area contributed by atoms with Crippen molar-refractivity contribution in [2.24, 2.45) is 0 Å². The molecule has 0 aliphatic carbocycles. The molecule has 1 atom stereocenters. The summed E-state index contributed by atoms with van der Waals surface area (Å²) >= 11 is 1.21. The summed E-state index contributed by atoms with van der Waals surface area (Å²) in [6.07, 6.45) is 0.944. The van der Waals surface area contributed by atoms with Gasteiger partial charge in [0.1, 0.15) is 18.2 Å². The van der Waals surface area contributed by atoms with Gasteiger partial charge < -0.3 is 18.6 Å². The lowest BCUT2D eigenvalue weighted by molar-refractivity contribution is -0.142. The number of aromatic nitrogens is 3. The van der Waals surface area contributed by atoms with Gasteiger partial charge in [0.25, 0.3) is 0 Å². The molecule has 35 heavy (non-hydrogen) atoms. The molecule has 1 aliphatic rings. The molecule has 2 aromatic carbocycles. The van der Waals surface area contributed by atoms with E-state index in [1.807, 2.05) is 41.8 Å². The Morgan fingerprint density at radius 1 is 1.20 bits per heavy atom. The number of esters is 1. The smallest absolute Gasteiger partial charge is 0.316 e. The van der Waals surface area contributed by atoms with Crippen molar-refractivity contribution >= 4 is 17.7 Å². The predicted octanol–water partition coefficient (Wildman–Crippen LogP) is 5.14. The van der Waals surface area contributed by atoms with Crippen molar-refractivity contribution in [1.82, 2.24) is 14.8 Å². The number of thioether (sulfide) groups is 1. The van der Waals surface area contributed by atoms with Crippen molar-refractivity contribution < 1.29 is 27.8 Å². The third-order valence-electron chi connectivity index (χ3n) is 5.38. The summed E-state index contributed by atoms with van der Waals surface area (Å²) < 4.78 is 38.7. The van der Waals surface area contributed by atoms with Gasteiger partial charge in [0, 0.05) is 23.2 Å². The third-order valence-corrected chi connectivity index (χ3v) is 6.32. The van der Waals surface area contributed by atoms with Crippen LogP contribution in [0.4, 0.5) is 4.39 Å². The fourth-order valence-corrected chi connectivity index (χ4v) is 4.55. The highest BCUT2D eigenvalue weighted by molar-refractivity contribution is 7.99. The van der Waals surface area contributed by atoms with Gasteiger partial charge in [-0.15, -0.1) is 10.2 Å². The molecule has 3 heterocycles. The SMILES string of the molecule is CCn1c(SCC(=O)OCc2cc(F)cc3c2OC(c2ccccc2)OC3)nnc1-c1ccco1. The van der Waals surface area contributed by atoms with Gasteiger partial charge in [0.05, 0.1) is 18.6 Å². The van der Waals surface area contributed by atoms with Gasteiger partial charge >= 0.3 is 5.97 Å². The minimum absolute atomic E-state index is 0.0183. The maximum Gasteiger partial charge on any atom is 0.316 e. The van der Waals surface area contributed by atoms with Crippen LogP contribution in [-0.4, -0.2) is 26.5 Å². The molecule has 0 bridgehead atoms. The Morgan fingerprint density at radius 2 is 2.06 bits per heavy atom. The van der Waals surface area contributed by atoms with E-state index in [2.05, 4.69) is 10.2 Å². The Kier molecular flexibility index (Phi) is 6.82. The van der Waals surface area contributed by atoms with Crippen LogP contribution in [-0.2, 0) is 34.0 Å². The van der Waals surface area contributed by atoms with Gasteiger partial charge in [0.15, 0.2) is 16.7 Å². The molecule has 0 saturated carbocycles. The molecule has 2 aromatic heterocycles. The lowest BCUT2D eigenvalue weighted by atomic mass is 10.1. The zero-order valence-corrected chi connectivity index (χ0v) is 19.7. The van der Waals surface area contributed by atoms with Gasteiger partial charge in [-0.1, -0.05) is 42.1 Å². The van der Waals surface area contributed by atoms with E-state index in [1.165, 1.54) is 23.9 Å². The van der Waals surface area contributed by atoms with Crippen LogP contribution >= 0.6 is 11.8 Å². The van der Waals surface area contributed by atoms with E-state index in [0.717, 1.165) is 5.56 Å². The number of ether oxygens (including phenoxy) is 3. The molecular formula is C25H22FN3O5S.